The maximum absolute atomic E-state index is 12.7. The highest BCUT2D eigenvalue weighted by Crippen LogP contribution is 2.41. The summed E-state index contributed by atoms with van der Waals surface area (Å²) < 4.78 is 119. The van der Waals surface area contributed by atoms with Crippen LogP contribution in [0.2, 0.25) is 0 Å². The molecule has 32 heteroatoms. The Morgan fingerprint density at radius 3 is 1.16 bits per heavy atom. The van der Waals surface area contributed by atoms with E-state index in [1.165, 1.54) is 65.6 Å². The summed E-state index contributed by atoms with van der Waals surface area (Å²) >= 11 is 8.93. The molecular weight excluding hydrogens is 1910 g/mol. The lowest BCUT2D eigenvalue weighted by atomic mass is 9.75. The van der Waals surface area contributed by atoms with Gasteiger partial charge < -0.3 is 78.8 Å². The summed E-state index contributed by atoms with van der Waals surface area (Å²) in [5.41, 5.74) is 20.0. The van der Waals surface area contributed by atoms with Crippen molar-refractivity contribution >= 4 is 84.5 Å². The molecule has 9 aromatic rings. The molecule has 24 nitrogen and oxygen atoms in total. The highest BCUT2D eigenvalue weighted by molar-refractivity contribution is 14.1. The summed E-state index contributed by atoms with van der Waals surface area (Å²) in [6.45, 7) is 21.8. The van der Waals surface area contributed by atoms with Gasteiger partial charge in [-0.05, 0) is 262 Å². The molecule has 8 fully saturated rings. The number of rotatable bonds is 16. The van der Waals surface area contributed by atoms with E-state index < -0.39 is 35.2 Å². The maximum Gasteiger partial charge on any atom is 0.212 e. The van der Waals surface area contributed by atoms with Crippen molar-refractivity contribution in [1.82, 2.24) is 39.9 Å². The molecule has 0 aliphatic carbocycles. The number of aromatic nitrogens is 8. The summed E-state index contributed by atoms with van der Waals surface area (Å²) in [5, 5.41) is 12.8. The van der Waals surface area contributed by atoms with Crippen LogP contribution in [-0.4, -0.2) is 189 Å². The van der Waals surface area contributed by atoms with Crippen molar-refractivity contribution in [3.05, 3.63) is 242 Å². The number of aliphatic hydroxyl groups excluding tert-OH is 1. The number of anilines is 3. The topological polar surface area (TPSA) is 314 Å². The van der Waals surface area contributed by atoms with Crippen LogP contribution in [0.25, 0.3) is 0 Å². The van der Waals surface area contributed by atoms with Crippen LogP contribution in [0.3, 0.4) is 0 Å². The SMILES string of the molecule is CC1(c2ccc(F)nc2)CCOCC1.CC1(c2ccc(N)nc2)CCOCC1.CC1(c2cnc(N)c(Br)c2)CCOCC1.COc1ccc(CNc2ccc(C3(C)CCOCC3)cn2)c(OC)c1.Fc1ccc(Br)cn1.Fc1ccc(C2(CI)CCOCC2)cn1.O=CC1(c2ccc(F)nc2)CCOCC1.O=CC1CCOCC1.OCC1(c2ccc(F)nc2)CCOCC1. The molecule has 8 aliphatic heterocycles. The number of hydrogen-bond donors (Lipinski definition) is 4. The van der Waals surface area contributed by atoms with Gasteiger partial charge >= 0.3 is 0 Å². The number of ether oxygens (including phenoxy) is 10. The van der Waals surface area contributed by atoms with E-state index in [-0.39, 0.29) is 45.0 Å². The van der Waals surface area contributed by atoms with Crippen molar-refractivity contribution in [2.24, 2.45) is 5.92 Å². The molecule has 700 valence electrons. The first-order valence-electron chi connectivity index (χ1n) is 43.7. The Kier molecular flexibility index (Phi) is 42.8. The maximum atomic E-state index is 12.7. The normalized spacial score (nSPS) is 19.0. The van der Waals surface area contributed by atoms with E-state index in [2.05, 4.69) is 146 Å². The summed E-state index contributed by atoms with van der Waals surface area (Å²) in [6, 6.07) is 31.5. The Morgan fingerprint density at radius 2 is 0.798 bits per heavy atom. The first-order valence-corrected chi connectivity index (χ1v) is 46.8. The lowest BCUT2D eigenvalue weighted by Crippen LogP contribution is -2.37. The Bertz CT molecular complexity index is 4590. The van der Waals surface area contributed by atoms with Gasteiger partial charge in [-0.1, -0.05) is 86.7 Å². The number of carbonyl (C=O) groups excluding carboxylic acids is 2. The molecule has 8 aromatic heterocycles. The van der Waals surface area contributed by atoms with E-state index in [1.54, 1.807) is 44.8 Å². The Balaban J connectivity index is 0.000000166. The zero-order valence-electron chi connectivity index (χ0n) is 74.6. The molecule has 129 heavy (non-hydrogen) atoms. The van der Waals surface area contributed by atoms with Crippen molar-refractivity contribution in [3.63, 3.8) is 0 Å². The van der Waals surface area contributed by atoms with Crippen molar-refractivity contribution in [2.45, 2.75) is 175 Å². The van der Waals surface area contributed by atoms with Crippen LogP contribution in [0.5, 0.6) is 11.5 Å². The number of methoxy groups -OCH3 is 2. The number of nitrogens with zero attached hydrogens (tertiary/aromatic N) is 8. The van der Waals surface area contributed by atoms with Gasteiger partial charge in [0.1, 0.15) is 41.5 Å². The van der Waals surface area contributed by atoms with E-state index in [0.717, 1.165) is 240 Å². The van der Waals surface area contributed by atoms with Crippen molar-refractivity contribution < 1.29 is 84.0 Å². The average molecular weight is 2030 g/mol. The van der Waals surface area contributed by atoms with Crippen LogP contribution in [0.4, 0.5) is 39.4 Å². The average Bonchev–Trinajstić information content (AvgIpc) is 0.806. The summed E-state index contributed by atoms with van der Waals surface area (Å²) in [6.07, 6.45) is 30.3. The second kappa shape index (κ2) is 52.8. The minimum Gasteiger partial charge on any atom is -0.497 e. The van der Waals surface area contributed by atoms with Crippen molar-refractivity contribution in [2.75, 3.05) is 148 Å². The fraction of sp³-hybridized carbons (Fsp3) is 0.505. The van der Waals surface area contributed by atoms with Gasteiger partial charge in [-0.2, -0.15) is 22.0 Å². The van der Waals surface area contributed by atoms with Gasteiger partial charge in [-0.3, -0.25) is 0 Å². The molecule has 0 bridgehead atoms. The second-order valence-electron chi connectivity index (χ2n) is 34.0. The molecule has 0 radical (unpaired) electrons. The largest absolute Gasteiger partial charge is 0.497 e. The molecule has 0 amide bonds. The number of nitrogens with one attached hydrogen (secondary N) is 1. The summed E-state index contributed by atoms with van der Waals surface area (Å²) in [5.74, 6) is 1.59. The van der Waals surface area contributed by atoms with Gasteiger partial charge in [0.15, 0.2) is 0 Å². The molecule has 8 saturated heterocycles. The highest BCUT2D eigenvalue weighted by atomic mass is 127. The van der Waals surface area contributed by atoms with Gasteiger partial charge in [-0.25, -0.2) is 39.9 Å². The van der Waals surface area contributed by atoms with Crippen LogP contribution in [0.15, 0.2) is 168 Å². The van der Waals surface area contributed by atoms with Crippen LogP contribution < -0.4 is 26.3 Å². The predicted octanol–water partition coefficient (Wildman–Crippen LogP) is 18.3. The third kappa shape index (κ3) is 32.0. The summed E-state index contributed by atoms with van der Waals surface area (Å²) in [7, 11) is 3.32. The number of nitrogens with two attached hydrogens (primary N) is 2. The number of aliphatic hydroxyl groups is 1. The second-order valence-corrected chi connectivity index (χ2v) is 36.6. The van der Waals surface area contributed by atoms with Crippen LogP contribution in [0, 0.1) is 35.7 Å². The molecular formula is C97H123Br2F5IN11O13. The number of hydrogen-bond acceptors (Lipinski definition) is 24. The molecule has 1 aromatic carbocycles. The molecule has 6 N–H and O–H groups in total. The van der Waals surface area contributed by atoms with Gasteiger partial charge in [0.05, 0.1) is 30.7 Å². The zero-order chi connectivity index (χ0) is 92.6. The number of benzene rings is 1. The number of pyridine rings is 8. The van der Waals surface area contributed by atoms with Crippen LogP contribution in [0.1, 0.15) is 175 Å². The standard InChI is InChI=1S/C20H26N2O3.C11H15BrN2O.C11H13FINO.C11H14FNO2.C11H12FNO2.C11H14FNO.C11H16N2O.C6H10O2.C5H3BrFN/c1-20(8-10-25-11-9-20)16-5-7-19(22-14-16)21-13-15-4-6-17(23-2)12-18(15)24-3;1-11(2-4-15-5-3-11)8-6-9(12)10(13)14-7-8;12-10-2-1-9(7-14-10)11(8-13)3-5-15-6-4-11;2*12-10-2-1-9(7-13-10)11(8-14)3-5-15-6-4-11;2*1-11(4-6-14-7-5-11)9-2-3-10(12)13-8-9;7-5-6-1-3-8-4-2-6;6-4-1-2-5(7)8-3-4/h4-7,12,14H,8-11,13H2,1-3H3,(H,21,22);6-7H,2-5H2,1H3,(H2,13,14);1-2,7H,3-6,8H2;1-2,7,14H,3-6,8H2;1-2,7-8H,3-6H2;2-3,8H,4-7H2,1H3;2-3,8H,4-7H2,1H3,(H2,12,13);5-6H,1-4H2;1-3H. The Morgan fingerprint density at radius 1 is 0.426 bits per heavy atom. The van der Waals surface area contributed by atoms with E-state index >= 15 is 0 Å². The lowest BCUT2D eigenvalue weighted by Gasteiger charge is -2.35. The minimum atomic E-state index is -0.529. The fourth-order valence-electron chi connectivity index (χ4n) is 15.8. The Hall–Kier alpha value is -8.26. The Labute approximate surface area is 785 Å². The molecule has 0 spiro atoms. The lowest BCUT2D eigenvalue weighted by molar-refractivity contribution is -0.116. The van der Waals surface area contributed by atoms with Gasteiger partial charge in [0, 0.05) is 199 Å². The number of nitrogen functional groups attached to an aromatic ring is 2. The molecule has 0 atom stereocenters. The first kappa shape index (κ1) is 104. The van der Waals surface area contributed by atoms with Gasteiger partial charge in [0.25, 0.3) is 0 Å². The smallest absolute Gasteiger partial charge is 0.212 e. The zero-order valence-corrected chi connectivity index (χ0v) is 79.9. The highest BCUT2D eigenvalue weighted by Gasteiger charge is 2.38. The van der Waals surface area contributed by atoms with E-state index in [0.29, 0.717) is 57.4 Å². The third-order valence-electron chi connectivity index (χ3n) is 25.5. The van der Waals surface area contributed by atoms with Gasteiger partial charge in [0.2, 0.25) is 29.7 Å². The third-order valence-corrected chi connectivity index (χ3v) is 28.0. The number of carbonyl (C=O) groups is 2. The van der Waals surface area contributed by atoms with Gasteiger partial charge in [-0.15, -0.1) is 0 Å². The quantitative estimate of drug-likeness (QED) is 0.0230. The van der Waals surface area contributed by atoms with Crippen LogP contribution >= 0.6 is 54.5 Å². The number of alkyl halides is 1. The van der Waals surface area contributed by atoms with Crippen LogP contribution in [-0.2, 0) is 91.9 Å². The predicted molar refractivity (Wildman–Crippen MR) is 501 cm³/mol. The number of aldehydes is 2. The molecule has 17 rings (SSSR count). The first-order chi connectivity index (χ1) is 62.2. The van der Waals surface area contributed by atoms with Crippen molar-refractivity contribution in [1.29, 1.82) is 0 Å². The summed E-state index contributed by atoms with van der Waals surface area (Å²) in [4.78, 5) is 52.2. The molecule has 0 saturated carbocycles. The molecule has 0 unspecified atom stereocenters. The van der Waals surface area contributed by atoms with Crippen molar-refractivity contribution in [3.8, 4) is 11.5 Å². The van der Waals surface area contributed by atoms with E-state index in [9.17, 15) is 36.6 Å². The fourth-order valence-corrected chi connectivity index (χ4v) is 17.6. The minimum absolute atomic E-state index is 0.0592. The molecule has 16 heterocycles. The number of halogens is 8. The molecule has 8 aliphatic rings. The van der Waals surface area contributed by atoms with E-state index in [4.69, 9.17) is 58.8 Å². The van der Waals surface area contributed by atoms with E-state index in [1.807, 2.05) is 61.1 Å². The monoisotopic (exact) mass is 2030 g/mol.